The Morgan fingerprint density at radius 2 is 2.08 bits per heavy atom. The third-order valence-electron chi connectivity index (χ3n) is 1.99. The molecule has 1 fully saturated rings. The lowest BCUT2D eigenvalue weighted by Crippen LogP contribution is -2.38. The lowest BCUT2D eigenvalue weighted by Gasteiger charge is -2.28. The third kappa shape index (κ3) is 3.40. The Kier molecular flexibility index (Phi) is 5.82. The maximum atomic E-state index is 8.46. The summed E-state index contributed by atoms with van der Waals surface area (Å²) in [4.78, 5) is 1.90. The van der Waals surface area contributed by atoms with Crippen molar-refractivity contribution in [1.29, 1.82) is 5.41 Å². The molecule has 0 aromatic rings. The molecular formula is C7H13Cl2N3O. The number of halogens is 2. The molecule has 0 amide bonds. The van der Waals surface area contributed by atoms with Crippen molar-refractivity contribution in [2.24, 2.45) is 5.16 Å². The summed E-state index contributed by atoms with van der Waals surface area (Å²) in [5.41, 5.74) is 0.814. The fraction of sp³-hybridized carbons (Fsp3) is 0.714. The SMILES string of the molecule is Cl.N=C(CCl)N1CCC(=NO)CC1. The van der Waals surface area contributed by atoms with E-state index >= 15 is 0 Å². The number of amidine groups is 1. The van der Waals surface area contributed by atoms with Crippen LogP contribution in [0.3, 0.4) is 0 Å². The second-order valence-corrected chi connectivity index (χ2v) is 3.00. The highest BCUT2D eigenvalue weighted by molar-refractivity contribution is 6.27. The molecule has 4 nitrogen and oxygen atoms in total. The molecule has 1 rings (SSSR count). The van der Waals surface area contributed by atoms with Crippen molar-refractivity contribution in [1.82, 2.24) is 4.90 Å². The minimum Gasteiger partial charge on any atom is -0.411 e. The van der Waals surface area contributed by atoms with E-state index in [2.05, 4.69) is 5.16 Å². The van der Waals surface area contributed by atoms with Crippen LogP contribution in [0.4, 0.5) is 0 Å². The molecule has 2 N–H and O–H groups in total. The smallest absolute Gasteiger partial charge is 0.111 e. The summed E-state index contributed by atoms with van der Waals surface area (Å²) in [5, 5.41) is 19.1. The number of alkyl halides is 1. The Morgan fingerprint density at radius 1 is 1.54 bits per heavy atom. The van der Waals surface area contributed by atoms with Gasteiger partial charge in [-0.05, 0) is 0 Å². The highest BCUT2D eigenvalue weighted by Crippen LogP contribution is 2.07. The van der Waals surface area contributed by atoms with Gasteiger partial charge < -0.3 is 10.1 Å². The molecule has 1 heterocycles. The number of hydrogen-bond acceptors (Lipinski definition) is 3. The fourth-order valence-electron chi connectivity index (χ4n) is 1.22. The summed E-state index contributed by atoms with van der Waals surface area (Å²) in [6.07, 6.45) is 1.46. The van der Waals surface area contributed by atoms with E-state index in [0.29, 0.717) is 5.84 Å². The molecule has 0 spiro atoms. The topological polar surface area (TPSA) is 59.7 Å². The molecule has 13 heavy (non-hydrogen) atoms. The molecule has 1 aliphatic rings. The lowest BCUT2D eigenvalue weighted by molar-refractivity contribution is 0.309. The average molecular weight is 226 g/mol. The summed E-state index contributed by atoms with van der Waals surface area (Å²) >= 11 is 5.51. The predicted molar refractivity (Wildman–Crippen MR) is 55.7 cm³/mol. The Balaban J connectivity index is 0.00000144. The van der Waals surface area contributed by atoms with Crippen molar-refractivity contribution in [2.45, 2.75) is 12.8 Å². The van der Waals surface area contributed by atoms with Crippen LogP contribution >= 0.6 is 24.0 Å². The molecule has 0 aromatic heterocycles. The van der Waals surface area contributed by atoms with Crippen molar-refractivity contribution in [2.75, 3.05) is 19.0 Å². The Hall–Kier alpha value is -0.480. The number of hydrogen-bond donors (Lipinski definition) is 2. The lowest BCUT2D eigenvalue weighted by atomic mass is 10.1. The summed E-state index contributed by atoms with van der Waals surface area (Å²) < 4.78 is 0. The Bertz CT molecular complexity index is 198. The van der Waals surface area contributed by atoms with Crippen LogP contribution in [0.1, 0.15) is 12.8 Å². The summed E-state index contributed by atoms with van der Waals surface area (Å²) in [6, 6.07) is 0. The number of nitrogens with zero attached hydrogens (tertiary/aromatic N) is 2. The van der Waals surface area contributed by atoms with Crippen LogP contribution < -0.4 is 0 Å². The van der Waals surface area contributed by atoms with Gasteiger partial charge in [0.2, 0.25) is 0 Å². The van der Waals surface area contributed by atoms with Gasteiger partial charge in [-0.3, -0.25) is 5.41 Å². The van der Waals surface area contributed by atoms with E-state index in [-0.39, 0.29) is 18.3 Å². The van der Waals surface area contributed by atoms with Crippen LogP contribution in [0.25, 0.3) is 0 Å². The largest absolute Gasteiger partial charge is 0.411 e. The van der Waals surface area contributed by atoms with Crippen LogP contribution in [0, 0.1) is 5.41 Å². The average Bonchev–Trinajstić information content (AvgIpc) is 2.17. The van der Waals surface area contributed by atoms with Gasteiger partial charge in [-0.1, -0.05) is 5.16 Å². The first kappa shape index (κ1) is 12.5. The highest BCUT2D eigenvalue weighted by Gasteiger charge is 2.16. The fourth-order valence-corrected chi connectivity index (χ4v) is 1.39. The van der Waals surface area contributed by atoms with Crippen LogP contribution in [0.5, 0.6) is 0 Å². The number of oxime groups is 1. The van der Waals surface area contributed by atoms with Gasteiger partial charge in [-0.25, -0.2) is 0 Å². The van der Waals surface area contributed by atoms with Crippen LogP contribution in [-0.4, -0.2) is 40.6 Å². The van der Waals surface area contributed by atoms with Gasteiger partial charge in [0.15, 0.2) is 0 Å². The minimum absolute atomic E-state index is 0. The first-order valence-corrected chi connectivity index (χ1v) is 4.39. The minimum atomic E-state index is 0. The number of rotatable bonds is 1. The van der Waals surface area contributed by atoms with Gasteiger partial charge in [0.05, 0.1) is 11.6 Å². The van der Waals surface area contributed by atoms with Gasteiger partial charge >= 0.3 is 0 Å². The maximum Gasteiger partial charge on any atom is 0.111 e. The van der Waals surface area contributed by atoms with E-state index in [9.17, 15) is 0 Å². The highest BCUT2D eigenvalue weighted by atomic mass is 35.5. The van der Waals surface area contributed by atoms with E-state index in [1.807, 2.05) is 4.90 Å². The predicted octanol–water partition coefficient (Wildman–Crippen LogP) is 1.55. The molecule has 1 saturated heterocycles. The first-order chi connectivity index (χ1) is 5.77. The molecule has 1 aliphatic heterocycles. The van der Waals surface area contributed by atoms with E-state index in [1.54, 1.807) is 0 Å². The monoisotopic (exact) mass is 225 g/mol. The van der Waals surface area contributed by atoms with Crippen LogP contribution in [0.15, 0.2) is 5.16 Å². The van der Waals surface area contributed by atoms with Crippen molar-refractivity contribution in [3.05, 3.63) is 0 Å². The van der Waals surface area contributed by atoms with Crippen molar-refractivity contribution >= 4 is 35.6 Å². The van der Waals surface area contributed by atoms with Gasteiger partial charge in [-0.2, -0.15) is 0 Å². The second kappa shape index (κ2) is 6.05. The standard InChI is InChI=1S/C7H12ClN3O.ClH/c8-5-7(9)11-3-1-6(10-12)2-4-11;/h9,12H,1-5H2;1H. The molecule has 0 aliphatic carbocycles. The van der Waals surface area contributed by atoms with Crippen molar-refractivity contribution < 1.29 is 5.21 Å². The normalized spacial score (nSPS) is 16.4. The van der Waals surface area contributed by atoms with Crippen molar-refractivity contribution in [3.8, 4) is 0 Å². The zero-order valence-electron chi connectivity index (χ0n) is 7.16. The molecule has 0 unspecified atom stereocenters. The number of likely N-dealkylation sites (tertiary alicyclic amines) is 1. The Labute approximate surface area is 88.5 Å². The van der Waals surface area contributed by atoms with Crippen LogP contribution in [0.2, 0.25) is 0 Å². The van der Waals surface area contributed by atoms with Gasteiger partial charge in [-0.15, -0.1) is 24.0 Å². The first-order valence-electron chi connectivity index (χ1n) is 3.86. The second-order valence-electron chi connectivity index (χ2n) is 2.73. The van der Waals surface area contributed by atoms with Crippen LogP contribution in [-0.2, 0) is 0 Å². The molecule has 0 atom stereocenters. The van der Waals surface area contributed by atoms with Crippen molar-refractivity contribution in [3.63, 3.8) is 0 Å². The zero-order valence-corrected chi connectivity index (χ0v) is 8.74. The Morgan fingerprint density at radius 3 is 2.46 bits per heavy atom. The molecule has 0 aromatic carbocycles. The van der Waals surface area contributed by atoms with E-state index in [4.69, 9.17) is 22.2 Å². The maximum absolute atomic E-state index is 8.46. The van der Waals surface area contributed by atoms with Gasteiger partial charge in [0.25, 0.3) is 0 Å². The molecule has 0 radical (unpaired) electrons. The summed E-state index contributed by atoms with van der Waals surface area (Å²) in [7, 11) is 0. The quantitative estimate of drug-likeness (QED) is 0.234. The molecule has 6 heteroatoms. The molecule has 76 valence electrons. The van der Waals surface area contributed by atoms with E-state index < -0.39 is 0 Å². The third-order valence-corrected chi connectivity index (χ3v) is 2.24. The summed E-state index contributed by atoms with van der Waals surface area (Å²) in [6.45, 7) is 1.48. The molecule has 0 saturated carbocycles. The van der Waals surface area contributed by atoms with E-state index in [0.717, 1.165) is 31.6 Å². The van der Waals surface area contributed by atoms with Gasteiger partial charge in [0, 0.05) is 25.9 Å². The number of nitrogens with one attached hydrogen (secondary N) is 1. The molecular weight excluding hydrogens is 213 g/mol. The van der Waals surface area contributed by atoms with E-state index in [1.165, 1.54) is 0 Å². The molecule has 0 bridgehead atoms. The number of piperidine rings is 1. The van der Waals surface area contributed by atoms with Gasteiger partial charge in [0.1, 0.15) is 5.84 Å². The zero-order chi connectivity index (χ0) is 8.97. The summed E-state index contributed by atoms with van der Waals surface area (Å²) in [5.74, 6) is 0.708.